The molecule has 2 heterocycles. The number of rotatable bonds is 6. The molecule has 1 aromatic heterocycles. The summed E-state index contributed by atoms with van der Waals surface area (Å²) in [6.45, 7) is 5.92. The lowest BCUT2D eigenvalue weighted by atomic mass is 10.3. The molecule has 4 heteroatoms. The van der Waals surface area contributed by atoms with Crippen LogP contribution in [0.2, 0.25) is 0 Å². The molecule has 0 unspecified atom stereocenters. The summed E-state index contributed by atoms with van der Waals surface area (Å²) >= 11 is 0. The summed E-state index contributed by atoms with van der Waals surface area (Å²) in [5.74, 6) is 0. The Hall–Kier alpha value is -0.870. The van der Waals surface area contributed by atoms with E-state index < -0.39 is 0 Å². The van der Waals surface area contributed by atoms with E-state index in [1.165, 1.54) is 38.2 Å². The molecule has 1 fully saturated rings. The van der Waals surface area contributed by atoms with Gasteiger partial charge in [0.2, 0.25) is 0 Å². The molecule has 0 saturated carbocycles. The topological polar surface area (TPSA) is 33.1 Å². The molecule has 0 aliphatic carbocycles. The molecule has 1 aliphatic rings. The Labute approximate surface area is 97.6 Å². The van der Waals surface area contributed by atoms with E-state index in [9.17, 15) is 0 Å². The molecule has 0 spiro atoms. The second-order valence-corrected chi connectivity index (χ2v) is 4.53. The summed E-state index contributed by atoms with van der Waals surface area (Å²) in [5.41, 5.74) is 1.18. The Morgan fingerprint density at radius 1 is 1.31 bits per heavy atom. The van der Waals surface area contributed by atoms with Crippen LogP contribution in [0.25, 0.3) is 0 Å². The molecule has 1 aromatic rings. The molecule has 0 amide bonds. The summed E-state index contributed by atoms with van der Waals surface area (Å²) in [5, 5.41) is 7.83. The lowest BCUT2D eigenvalue weighted by molar-refractivity contribution is 0.336. The summed E-state index contributed by atoms with van der Waals surface area (Å²) in [4.78, 5) is 2.54. The third-order valence-electron chi connectivity index (χ3n) is 3.13. The van der Waals surface area contributed by atoms with E-state index in [2.05, 4.69) is 21.4 Å². The first-order chi connectivity index (χ1) is 7.84. The van der Waals surface area contributed by atoms with Gasteiger partial charge in [0.25, 0.3) is 0 Å². The van der Waals surface area contributed by atoms with Crippen molar-refractivity contribution in [3.8, 4) is 0 Å². The van der Waals surface area contributed by atoms with Crippen LogP contribution in [0.15, 0.2) is 12.3 Å². The van der Waals surface area contributed by atoms with Crippen molar-refractivity contribution in [3.05, 3.63) is 18.0 Å². The molecule has 0 atom stereocenters. The average molecular weight is 222 g/mol. The van der Waals surface area contributed by atoms with Gasteiger partial charge in [-0.3, -0.25) is 4.68 Å². The Balaban J connectivity index is 1.51. The Bertz CT molecular complexity index is 302. The summed E-state index contributed by atoms with van der Waals surface area (Å²) in [6.07, 6.45) is 5.79. The van der Waals surface area contributed by atoms with Gasteiger partial charge in [-0.25, -0.2) is 0 Å². The number of hydrogen-bond donors (Lipinski definition) is 1. The van der Waals surface area contributed by atoms with Crippen LogP contribution in [-0.2, 0) is 13.5 Å². The Morgan fingerprint density at radius 3 is 2.81 bits per heavy atom. The van der Waals surface area contributed by atoms with E-state index in [0.717, 1.165) is 19.5 Å². The highest BCUT2D eigenvalue weighted by molar-refractivity contribution is 4.98. The largest absolute Gasteiger partial charge is 0.315 e. The highest BCUT2D eigenvalue weighted by Crippen LogP contribution is 2.05. The molecule has 16 heavy (non-hydrogen) atoms. The van der Waals surface area contributed by atoms with Crippen LogP contribution in [0.4, 0.5) is 0 Å². The molecule has 0 bridgehead atoms. The first-order valence-electron chi connectivity index (χ1n) is 6.26. The summed E-state index contributed by atoms with van der Waals surface area (Å²) in [6, 6.07) is 2.09. The van der Waals surface area contributed by atoms with Gasteiger partial charge in [0.1, 0.15) is 0 Å². The van der Waals surface area contributed by atoms with Gasteiger partial charge < -0.3 is 10.2 Å². The van der Waals surface area contributed by atoms with Gasteiger partial charge in [0.05, 0.1) is 5.69 Å². The van der Waals surface area contributed by atoms with E-state index in [4.69, 9.17) is 0 Å². The van der Waals surface area contributed by atoms with E-state index in [0.29, 0.717) is 0 Å². The van der Waals surface area contributed by atoms with Crippen LogP contribution in [0.5, 0.6) is 0 Å². The molecule has 2 rings (SSSR count). The van der Waals surface area contributed by atoms with Gasteiger partial charge in [0, 0.05) is 39.3 Å². The third kappa shape index (κ3) is 3.61. The smallest absolute Gasteiger partial charge is 0.0637 e. The number of nitrogens with zero attached hydrogens (tertiary/aromatic N) is 3. The van der Waals surface area contributed by atoms with Crippen molar-refractivity contribution in [2.24, 2.45) is 7.05 Å². The highest BCUT2D eigenvalue weighted by atomic mass is 15.2. The lowest BCUT2D eigenvalue weighted by Gasteiger charge is -2.14. The van der Waals surface area contributed by atoms with Crippen molar-refractivity contribution in [1.82, 2.24) is 20.0 Å². The molecule has 1 N–H and O–H groups in total. The lowest BCUT2D eigenvalue weighted by Crippen LogP contribution is -2.30. The van der Waals surface area contributed by atoms with Crippen LogP contribution in [0.1, 0.15) is 18.5 Å². The fraction of sp³-hybridized carbons (Fsp3) is 0.750. The van der Waals surface area contributed by atoms with Crippen LogP contribution in [0.3, 0.4) is 0 Å². The number of hydrogen-bond acceptors (Lipinski definition) is 3. The predicted octanol–water partition coefficient (Wildman–Crippen LogP) is 0.648. The Kier molecular flexibility index (Phi) is 4.36. The van der Waals surface area contributed by atoms with Crippen molar-refractivity contribution in [1.29, 1.82) is 0 Å². The average Bonchev–Trinajstić information content (AvgIpc) is 2.89. The maximum Gasteiger partial charge on any atom is 0.0637 e. The number of nitrogens with one attached hydrogen (secondary N) is 1. The molecule has 0 radical (unpaired) electrons. The second-order valence-electron chi connectivity index (χ2n) is 4.53. The van der Waals surface area contributed by atoms with Crippen molar-refractivity contribution in [2.75, 3.05) is 32.7 Å². The molecular formula is C12H22N4. The molecule has 0 aromatic carbocycles. The zero-order valence-electron chi connectivity index (χ0n) is 10.2. The van der Waals surface area contributed by atoms with E-state index in [-0.39, 0.29) is 0 Å². The van der Waals surface area contributed by atoms with Gasteiger partial charge >= 0.3 is 0 Å². The monoisotopic (exact) mass is 222 g/mol. The standard InChI is InChI=1S/C12H22N4/c1-15-10-5-12(14-15)4-6-13-7-11-16-8-2-3-9-16/h5,10,13H,2-4,6-9,11H2,1H3. The quantitative estimate of drug-likeness (QED) is 0.717. The maximum absolute atomic E-state index is 4.35. The highest BCUT2D eigenvalue weighted by Gasteiger charge is 2.09. The van der Waals surface area contributed by atoms with Gasteiger partial charge in [-0.15, -0.1) is 0 Å². The minimum Gasteiger partial charge on any atom is -0.315 e. The van der Waals surface area contributed by atoms with Crippen molar-refractivity contribution in [2.45, 2.75) is 19.3 Å². The first-order valence-corrected chi connectivity index (χ1v) is 6.26. The number of likely N-dealkylation sites (tertiary alicyclic amines) is 1. The SMILES string of the molecule is Cn1ccc(CCNCCN2CCCC2)n1. The molecule has 1 aliphatic heterocycles. The van der Waals surface area contributed by atoms with Crippen molar-refractivity contribution >= 4 is 0 Å². The fourth-order valence-corrected chi connectivity index (χ4v) is 2.18. The van der Waals surface area contributed by atoms with Crippen LogP contribution >= 0.6 is 0 Å². The maximum atomic E-state index is 4.35. The molecule has 1 saturated heterocycles. The Morgan fingerprint density at radius 2 is 2.12 bits per heavy atom. The number of aromatic nitrogens is 2. The molecule has 4 nitrogen and oxygen atoms in total. The van der Waals surface area contributed by atoms with Gasteiger partial charge in [0.15, 0.2) is 0 Å². The number of aryl methyl sites for hydroxylation is 1. The van der Waals surface area contributed by atoms with Crippen LogP contribution in [0, 0.1) is 0 Å². The fourth-order valence-electron chi connectivity index (χ4n) is 2.18. The second kappa shape index (κ2) is 6.01. The molecular weight excluding hydrogens is 200 g/mol. The summed E-state index contributed by atoms with van der Waals surface area (Å²) in [7, 11) is 1.96. The minimum atomic E-state index is 1.03. The van der Waals surface area contributed by atoms with E-state index >= 15 is 0 Å². The van der Waals surface area contributed by atoms with Gasteiger partial charge in [-0.1, -0.05) is 0 Å². The minimum absolute atomic E-state index is 1.03. The van der Waals surface area contributed by atoms with E-state index in [1.807, 2.05) is 17.9 Å². The van der Waals surface area contributed by atoms with Gasteiger partial charge in [-0.05, 0) is 32.0 Å². The van der Waals surface area contributed by atoms with Crippen molar-refractivity contribution in [3.63, 3.8) is 0 Å². The zero-order valence-corrected chi connectivity index (χ0v) is 10.2. The van der Waals surface area contributed by atoms with Crippen LogP contribution in [-0.4, -0.2) is 47.4 Å². The van der Waals surface area contributed by atoms with Crippen LogP contribution < -0.4 is 5.32 Å². The van der Waals surface area contributed by atoms with Crippen molar-refractivity contribution < 1.29 is 0 Å². The zero-order chi connectivity index (χ0) is 11.2. The predicted molar refractivity (Wildman–Crippen MR) is 65.5 cm³/mol. The van der Waals surface area contributed by atoms with E-state index in [1.54, 1.807) is 0 Å². The first kappa shape index (κ1) is 11.6. The molecule has 90 valence electrons. The normalized spacial score (nSPS) is 17.1. The summed E-state index contributed by atoms with van der Waals surface area (Å²) < 4.78 is 1.86. The van der Waals surface area contributed by atoms with Gasteiger partial charge in [-0.2, -0.15) is 5.10 Å². The third-order valence-corrected chi connectivity index (χ3v) is 3.13.